The van der Waals surface area contributed by atoms with Gasteiger partial charge >= 0.3 is 0 Å². The molecule has 0 aromatic rings. The van der Waals surface area contributed by atoms with Crippen molar-refractivity contribution >= 4 is 12.1 Å². The largest absolute Gasteiger partial charge is 0.396 e. The van der Waals surface area contributed by atoms with E-state index >= 15 is 0 Å². The molecule has 0 saturated carbocycles. The zero-order valence-corrected chi connectivity index (χ0v) is 14.2. The first-order valence-electron chi connectivity index (χ1n) is 8.05. The third-order valence-corrected chi connectivity index (χ3v) is 3.39. The highest BCUT2D eigenvalue weighted by Crippen LogP contribution is 2.10. The Morgan fingerprint density at radius 2 is 1.45 bits per heavy atom. The average molecular weight is 306 g/mol. The van der Waals surface area contributed by atoms with Gasteiger partial charge in [0, 0.05) is 19.4 Å². The lowest BCUT2D eigenvalue weighted by Crippen LogP contribution is -1.97. The first-order chi connectivity index (χ1) is 10.5. The van der Waals surface area contributed by atoms with Crippen LogP contribution in [0.4, 0.5) is 0 Å². The van der Waals surface area contributed by atoms with Crippen LogP contribution in [-0.4, -0.2) is 23.8 Å². The number of Topliss-reactive ketones (excluding diaryl/α,β-unsaturated/α-hetero) is 1. The Hall–Kier alpha value is -1.48. The zero-order valence-electron chi connectivity index (χ0n) is 14.2. The number of rotatable bonds is 12. The number of ketones is 1. The molecule has 0 aliphatic heterocycles. The van der Waals surface area contributed by atoms with Crippen molar-refractivity contribution in [3.05, 3.63) is 34.9 Å². The van der Waals surface area contributed by atoms with Gasteiger partial charge in [0.15, 0.2) is 0 Å². The van der Waals surface area contributed by atoms with Crippen LogP contribution in [0.25, 0.3) is 0 Å². The van der Waals surface area contributed by atoms with Gasteiger partial charge in [-0.15, -0.1) is 0 Å². The number of allylic oxidation sites excluding steroid dienone is 5. The van der Waals surface area contributed by atoms with Crippen molar-refractivity contribution in [2.45, 2.75) is 65.7 Å². The summed E-state index contributed by atoms with van der Waals surface area (Å²) in [6.07, 6.45) is 11.7. The second-order valence-corrected chi connectivity index (χ2v) is 5.86. The van der Waals surface area contributed by atoms with Gasteiger partial charge in [-0.25, -0.2) is 0 Å². The molecular weight excluding hydrogens is 276 g/mol. The molecule has 0 aliphatic carbocycles. The summed E-state index contributed by atoms with van der Waals surface area (Å²) in [5, 5.41) is 8.76. The summed E-state index contributed by atoms with van der Waals surface area (Å²) >= 11 is 0. The van der Waals surface area contributed by atoms with Crippen LogP contribution in [0, 0.1) is 0 Å². The molecule has 0 atom stereocenters. The Labute approximate surface area is 134 Å². The molecule has 0 spiro atoms. The van der Waals surface area contributed by atoms with Gasteiger partial charge in [0.1, 0.15) is 12.1 Å². The monoisotopic (exact) mass is 306 g/mol. The second kappa shape index (κ2) is 13.2. The molecule has 0 unspecified atom stereocenters. The quantitative estimate of drug-likeness (QED) is 0.332. The minimum atomic E-state index is -0.0324. The highest BCUT2D eigenvalue weighted by Gasteiger charge is 2.01. The molecule has 0 aromatic carbocycles. The molecule has 0 fully saturated rings. The van der Waals surface area contributed by atoms with Gasteiger partial charge in [-0.05, 0) is 58.4 Å². The summed E-state index contributed by atoms with van der Waals surface area (Å²) in [5.41, 5.74) is 3.24. The first-order valence-corrected chi connectivity index (χ1v) is 8.05. The fraction of sp³-hybridized carbons (Fsp3) is 0.579. The van der Waals surface area contributed by atoms with E-state index in [2.05, 4.69) is 32.9 Å². The molecule has 0 aliphatic rings. The van der Waals surface area contributed by atoms with E-state index in [0.29, 0.717) is 31.3 Å². The minimum absolute atomic E-state index is 0.0324. The normalized spacial score (nSPS) is 12.2. The van der Waals surface area contributed by atoms with Crippen molar-refractivity contribution in [3.8, 4) is 0 Å². The molecule has 22 heavy (non-hydrogen) atoms. The molecule has 0 heterocycles. The number of hydrogen-bond donors (Lipinski definition) is 1. The molecule has 3 heteroatoms. The summed E-state index contributed by atoms with van der Waals surface area (Å²) in [4.78, 5) is 22.4. The van der Waals surface area contributed by atoms with E-state index in [0.717, 1.165) is 25.5 Å². The highest BCUT2D eigenvalue weighted by atomic mass is 16.3. The van der Waals surface area contributed by atoms with Crippen LogP contribution in [0.5, 0.6) is 0 Å². The summed E-state index contributed by atoms with van der Waals surface area (Å²) in [5.74, 6) is 0.221. The van der Waals surface area contributed by atoms with E-state index in [-0.39, 0.29) is 12.4 Å². The standard InChI is InChI=1S/C19H30O3/c1-16(2)7-4-8-17(3)9-5-11-19(22)12-6-10-18(15-21)13-14-20/h7,9-10,15,20H,4-6,8,11-14H2,1-3H3/b17-9+,18-10+. The highest BCUT2D eigenvalue weighted by molar-refractivity contribution is 5.79. The number of aliphatic hydroxyl groups excluding tert-OH is 1. The van der Waals surface area contributed by atoms with Crippen molar-refractivity contribution in [2.75, 3.05) is 6.61 Å². The van der Waals surface area contributed by atoms with Gasteiger partial charge in [-0.2, -0.15) is 0 Å². The van der Waals surface area contributed by atoms with E-state index < -0.39 is 0 Å². The van der Waals surface area contributed by atoms with Gasteiger partial charge in [-0.1, -0.05) is 29.4 Å². The van der Waals surface area contributed by atoms with Crippen molar-refractivity contribution in [1.29, 1.82) is 0 Å². The summed E-state index contributed by atoms with van der Waals surface area (Å²) in [6.45, 7) is 6.28. The molecule has 0 radical (unpaired) electrons. The molecule has 3 nitrogen and oxygen atoms in total. The van der Waals surface area contributed by atoms with Crippen LogP contribution in [0.2, 0.25) is 0 Å². The third kappa shape index (κ3) is 12.3. The Bertz CT molecular complexity index is 424. The van der Waals surface area contributed by atoms with Crippen molar-refractivity contribution in [1.82, 2.24) is 0 Å². The molecule has 0 rings (SSSR count). The van der Waals surface area contributed by atoms with E-state index in [4.69, 9.17) is 5.11 Å². The van der Waals surface area contributed by atoms with Gasteiger partial charge in [0.25, 0.3) is 0 Å². The lowest BCUT2D eigenvalue weighted by molar-refractivity contribution is -0.119. The Kier molecular flexibility index (Phi) is 12.3. The Morgan fingerprint density at radius 3 is 2.00 bits per heavy atom. The van der Waals surface area contributed by atoms with E-state index in [1.165, 1.54) is 11.1 Å². The van der Waals surface area contributed by atoms with Gasteiger partial charge in [0.05, 0.1) is 0 Å². The van der Waals surface area contributed by atoms with E-state index in [1.807, 2.05) is 0 Å². The number of hydrogen-bond acceptors (Lipinski definition) is 3. The molecule has 0 amide bonds. The fourth-order valence-corrected chi connectivity index (χ4v) is 2.05. The van der Waals surface area contributed by atoms with E-state index in [1.54, 1.807) is 6.08 Å². The Morgan fingerprint density at radius 1 is 0.864 bits per heavy atom. The number of aliphatic hydroxyl groups is 1. The topological polar surface area (TPSA) is 54.4 Å². The first kappa shape index (κ1) is 20.5. The van der Waals surface area contributed by atoms with E-state index in [9.17, 15) is 9.59 Å². The molecule has 124 valence electrons. The smallest absolute Gasteiger partial charge is 0.145 e. The van der Waals surface area contributed by atoms with Crippen molar-refractivity contribution in [2.24, 2.45) is 0 Å². The summed E-state index contributed by atoms with van der Waals surface area (Å²) in [6, 6.07) is 0. The molecular formula is C19H30O3. The third-order valence-electron chi connectivity index (χ3n) is 3.39. The van der Waals surface area contributed by atoms with Crippen LogP contribution in [0.1, 0.15) is 65.7 Å². The average Bonchev–Trinajstić information content (AvgIpc) is 2.46. The van der Waals surface area contributed by atoms with Crippen molar-refractivity contribution < 1.29 is 14.7 Å². The zero-order chi connectivity index (χ0) is 16.8. The molecule has 0 bridgehead atoms. The maximum atomic E-state index is 11.7. The maximum absolute atomic E-state index is 11.7. The molecule has 0 saturated heterocycles. The summed E-state index contributed by atoms with van der Waals surface area (Å²) < 4.78 is 0. The maximum Gasteiger partial charge on any atom is 0.145 e. The van der Waals surface area contributed by atoms with Gasteiger partial charge in [-0.3, -0.25) is 9.59 Å². The molecule has 1 N–H and O–H groups in total. The molecule has 0 aromatic heterocycles. The second-order valence-electron chi connectivity index (χ2n) is 5.86. The lowest BCUT2D eigenvalue weighted by atomic mass is 10.1. The lowest BCUT2D eigenvalue weighted by Gasteiger charge is -2.00. The predicted octanol–water partition coefficient (Wildman–Crippen LogP) is 4.32. The summed E-state index contributed by atoms with van der Waals surface area (Å²) in [7, 11) is 0. The minimum Gasteiger partial charge on any atom is -0.396 e. The Balaban J connectivity index is 3.94. The fourth-order valence-electron chi connectivity index (χ4n) is 2.05. The van der Waals surface area contributed by atoms with Crippen LogP contribution in [0.15, 0.2) is 34.9 Å². The van der Waals surface area contributed by atoms with Gasteiger partial charge in [0.2, 0.25) is 0 Å². The van der Waals surface area contributed by atoms with Crippen LogP contribution in [-0.2, 0) is 9.59 Å². The SMILES string of the molecule is CC(C)=CCC/C(C)=C/CCC(=O)CC/C=C(/C=O)CCO. The number of aldehydes is 1. The number of carbonyl (C=O) groups excluding carboxylic acids is 2. The van der Waals surface area contributed by atoms with Gasteiger partial charge < -0.3 is 5.11 Å². The van der Waals surface area contributed by atoms with Crippen LogP contribution >= 0.6 is 0 Å². The predicted molar refractivity (Wildman–Crippen MR) is 91.7 cm³/mol. The number of carbonyl (C=O) groups is 2. The van der Waals surface area contributed by atoms with Crippen molar-refractivity contribution in [3.63, 3.8) is 0 Å². The van der Waals surface area contributed by atoms with Crippen LogP contribution < -0.4 is 0 Å². The van der Waals surface area contributed by atoms with Crippen LogP contribution in [0.3, 0.4) is 0 Å².